The minimum atomic E-state index is -4.03. The number of carbonyl (C=O) groups excluding carboxylic acids is 1. The van der Waals surface area contributed by atoms with Crippen molar-refractivity contribution in [3.8, 4) is 5.88 Å². The van der Waals surface area contributed by atoms with Crippen LogP contribution in [0.15, 0.2) is 41.6 Å². The molecule has 3 aromatic rings. The molecule has 0 radical (unpaired) electrons. The number of carbonyl (C=O) groups is 1. The third-order valence-corrected chi connectivity index (χ3v) is 5.88. The summed E-state index contributed by atoms with van der Waals surface area (Å²) in [6, 6.07) is 6.78. The highest BCUT2D eigenvalue weighted by Gasteiger charge is 2.24. The molecule has 2 heterocycles. The average molecular weight is 430 g/mol. The minimum absolute atomic E-state index is 0.0794. The predicted molar refractivity (Wildman–Crippen MR) is 113 cm³/mol. The van der Waals surface area contributed by atoms with Gasteiger partial charge in [0.25, 0.3) is 15.9 Å². The van der Waals surface area contributed by atoms with Gasteiger partial charge in [-0.05, 0) is 38.0 Å². The molecule has 9 nitrogen and oxygen atoms in total. The molecule has 2 N–H and O–H groups in total. The molecule has 0 aliphatic heterocycles. The third kappa shape index (κ3) is 4.28. The Labute approximate surface area is 175 Å². The van der Waals surface area contributed by atoms with E-state index in [0.717, 1.165) is 11.1 Å². The molecule has 158 valence electrons. The largest absolute Gasteiger partial charge is 0.480 e. The van der Waals surface area contributed by atoms with Crippen LogP contribution in [0.25, 0.3) is 0 Å². The molecule has 30 heavy (non-hydrogen) atoms. The number of aromatic nitrogens is 3. The van der Waals surface area contributed by atoms with E-state index in [0.29, 0.717) is 16.9 Å². The maximum Gasteiger partial charge on any atom is 0.267 e. The number of hydrogen-bond donors (Lipinski definition) is 2. The topological polar surface area (TPSA) is 115 Å². The van der Waals surface area contributed by atoms with Crippen molar-refractivity contribution in [1.29, 1.82) is 0 Å². The van der Waals surface area contributed by atoms with Crippen LogP contribution in [0.3, 0.4) is 0 Å². The van der Waals surface area contributed by atoms with E-state index < -0.39 is 15.9 Å². The van der Waals surface area contributed by atoms with E-state index in [2.05, 4.69) is 20.1 Å². The van der Waals surface area contributed by atoms with E-state index in [4.69, 9.17) is 4.74 Å². The van der Waals surface area contributed by atoms with E-state index in [9.17, 15) is 13.2 Å². The van der Waals surface area contributed by atoms with Crippen molar-refractivity contribution < 1.29 is 17.9 Å². The summed E-state index contributed by atoms with van der Waals surface area (Å²) in [6.07, 6.45) is 2.92. The Hall–Kier alpha value is -3.40. The summed E-state index contributed by atoms with van der Waals surface area (Å²) in [4.78, 5) is 16.4. The van der Waals surface area contributed by atoms with E-state index in [1.54, 1.807) is 20.2 Å². The van der Waals surface area contributed by atoms with Crippen molar-refractivity contribution in [2.75, 3.05) is 17.1 Å². The van der Waals surface area contributed by atoms with Crippen molar-refractivity contribution in [3.63, 3.8) is 0 Å². The Morgan fingerprint density at radius 3 is 2.40 bits per heavy atom. The highest BCUT2D eigenvalue weighted by atomic mass is 32.2. The van der Waals surface area contributed by atoms with E-state index >= 15 is 0 Å². The van der Waals surface area contributed by atoms with Crippen LogP contribution >= 0.6 is 0 Å². The lowest BCUT2D eigenvalue weighted by Gasteiger charge is -2.15. The van der Waals surface area contributed by atoms with Crippen molar-refractivity contribution in [2.24, 2.45) is 7.05 Å². The van der Waals surface area contributed by atoms with Gasteiger partial charge in [-0.1, -0.05) is 18.2 Å². The molecule has 0 aliphatic carbocycles. The second kappa shape index (κ2) is 8.15. The summed E-state index contributed by atoms with van der Waals surface area (Å²) >= 11 is 0. The fourth-order valence-electron chi connectivity index (χ4n) is 3.03. The Morgan fingerprint density at radius 1 is 1.17 bits per heavy atom. The highest BCUT2D eigenvalue weighted by Crippen LogP contribution is 2.29. The number of sulfonamides is 1. The molecule has 0 bridgehead atoms. The van der Waals surface area contributed by atoms with Gasteiger partial charge in [-0.15, -0.1) is 0 Å². The van der Waals surface area contributed by atoms with Gasteiger partial charge in [-0.25, -0.2) is 13.4 Å². The smallest absolute Gasteiger partial charge is 0.267 e. The van der Waals surface area contributed by atoms with E-state index in [1.807, 2.05) is 32.0 Å². The number of pyridine rings is 1. The van der Waals surface area contributed by atoms with Gasteiger partial charge in [0.05, 0.1) is 35.9 Å². The number of nitrogens with zero attached hydrogens (tertiary/aromatic N) is 3. The Kier molecular flexibility index (Phi) is 5.79. The van der Waals surface area contributed by atoms with Crippen molar-refractivity contribution in [1.82, 2.24) is 14.8 Å². The van der Waals surface area contributed by atoms with Gasteiger partial charge >= 0.3 is 0 Å². The van der Waals surface area contributed by atoms with Gasteiger partial charge < -0.3 is 10.1 Å². The lowest BCUT2D eigenvalue weighted by atomic mass is 10.1. The van der Waals surface area contributed by atoms with Crippen molar-refractivity contribution in [2.45, 2.75) is 25.7 Å². The molecular weight excluding hydrogens is 406 g/mol. The number of rotatable bonds is 6. The monoisotopic (exact) mass is 429 g/mol. The van der Waals surface area contributed by atoms with Crippen LogP contribution in [0.5, 0.6) is 5.88 Å². The normalized spacial score (nSPS) is 11.2. The molecule has 0 saturated heterocycles. The van der Waals surface area contributed by atoms with Gasteiger partial charge in [0.15, 0.2) is 4.90 Å². The number of amides is 1. The fourth-order valence-corrected chi connectivity index (χ4v) is 4.38. The maximum atomic E-state index is 13.1. The number of methoxy groups -OCH3 is 1. The Balaban J connectivity index is 1.96. The number of aryl methyl sites for hydroxylation is 4. The Bertz CT molecular complexity index is 1200. The van der Waals surface area contributed by atoms with Gasteiger partial charge in [0.2, 0.25) is 5.88 Å². The first kappa shape index (κ1) is 21.3. The molecule has 10 heteroatoms. The number of para-hydroxylation sites is 1. The van der Waals surface area contributed by atoms with Crippen LogP contribution in [0.4, 0.5) is 11.4 Å². The lowest BCUT2D eigenvalue weighted by molar-refractivity contribution is 0.102. The second-order valence-corrected chi connectivity index (χ2v) is 8.51. The van der Waals surface area contributed by atoms with Gasteiger partial charge in [-0.2, -0.15) is 5.10 Å². The molecule has 0 atom stereocenters. The van der Waals surface area contributed by atoms with Crippen molar-refractivity contribution in [3.05, 3.63) is 59.0 Å². The van der Waals surface area contributed by atoms with Gasteiger partial charge in [0.1, 0.15) is 0 Å². The predicted octanol–water partition coefficient (Wildman–Crippen LogP) is 2.80. The molecule has 0 spiro atoms. The second-order valence-electron chi connectivity index (χ2n) is 6.86. The van der Waals surface area contributed by atoms with Crippen molar-refractivity contribution >= 4 is 27.3 Å². The molecule has 1 aromatic carbocycles. The summed E-state index contributed by atoms with van der Waals surface area (Å²) in [5.74, 6) is -0.497. The standard InChI is InChI=1S/C20H23N5O4S/c1-12-7-6-8-13(2)18(12)24-30(27,28)17-9-15(10-21-20(17)29-5)22-19(26)16-11-25(4)23-14(16)3/h6-11,24H,1-5H3,(H,22,26). The first-order valence-electron chi connectivity index (χ1n) is 9.07. The van der Waals surface area contributed by atoms with Gasteiger partial charge in [-0.3, -0.25) is 14.2 Å². The van der Waals surface area contributed by atoms with Crippen LogP contribution < -0.4 is 14.8 Å². The van der Waals surface area contributed by atoms with E-state index in [-0.39, 0.29) is 16.5 Å². The molecule has 0 unspecified atom stereocenters. The first-order valence-corrected chi connectivity index (χ1v) is 10.6. The van der Waals surface area contributed by atoms with E-state index in [1.165, 1.54) is 24.1 Å². The van der Waals surface area contributed by atoms with Crippen LogP contribution in [-0.4, -0.2) is 36.2 Å². The SMILES string of the molecule is COc1ncc(NC(=O)c2cn(C)nc2C)cc1S(=O)(=O)Nc1c(C)cccc1C. The number of anilines is 2. The van der Waals surface area contributed by atoms with Crippen LogP contribution in [0.2, 0.25) is 0 Å². The number of nitrogens with one attached hydrogen (secondary N) is 2. The Morgan fingerprint density at radius 2 is 1.83 bits per heavy atom. The highest BCUT2D eigenvalue weighted by molar-refractivity contribution is 7.92. The first-order chi connectivity index (χ1) is 14.1. The zero-order valence-corrected chi connectivity index (χ0v) is 18.2. The molecular formula is C20H23N5O4S. The molecule has 0 aliphatic rings. The van der Waals surface area contributed by atoms with Crippen LogP contribution in [-0.2, 0) is 17.1 Å². The molecule has 1 amide bonds. The maximum absolute atomic E-state index is 13.1. The quantitative estimate of drug-likeness (QED) is 0.623. The molecule has 0 saturated carbocycles. The summed E-state index contributed by atoms with van der Waals surface area (Å²) in [6.45, 7) is 5.34. The number of benzene rings is 1. The molecule has 0 fully saturated rings. The number of ether oxygens (including phenoxy) is 1. The summed E-state index contributed by atoms with van der Waals surface area (Å²) in [7, 11) is -0.991. The van der Waals surface area contributed by atoms with Crippen LogP contribution in [0.1, 0.15) is 27.2 Å². The molecule has 3 rings (SSSR count). The van der Waals surface area contributed by atoms with Gasteiger partial charge in [0, 0.05) is 13.2 Å². The summed E-state index contributed by atoms with van der Waals surface area (Å²) in [5, 5.41) is 6.80. The zero-order chi connectivity index (χ0) is 22.1. The third-order valence-electron chi connectivity index (χ3n) is 4.53. The van der Waals surface area contributed by atoms with Crippen LogP contribution in [0, 0.1) is 20.8 Å². The molecule has 2 aromatic heterocycles. The fraction of sp³-hybridized carbons (Fsp3) is 0.250. The minimum Gasteiger partial charge on any atom is -0.480 e. The zero-order valence-electron chi connectivity index (χ0n) is 17.3. The average Bonchev–Trinajstić information content (AvgIpc) is 3.03. The number of hydrogen-bond acceptors (Lipinski definition) is 6. The summed E-state index contributed by atoms with van der Waals surface area (Å²) in [5.41, 5.74) is 3.20. The summed E-state index contributed by atoms with van der Waals surface area (Å²) < 4.78 is 35.5. The lowest BCUT2D eigenvalue weighted by Crippen LogP contribution is -2.18.